The fourth-order valence-corrected chi connectivity index (χ4v) is 3.94. The summed E-state index contributed by atoms with van der Waals surface area (Å²) in [6.07, 6.45) is 0.0750. The van der Waals surface area contributed by atoms with Gasteiger partial charge >= 0.3 is 5.97 Å². The van der Waals surface area contributed by atoms with Gasteiger partial charge in [-0.2, -0.15) is 0 Å². The molecule has 2 aromatic rings. The van der Waals surface area contributed by atoms with Crippen LogP contribution in [-0.4, -0.2) is 45.4 Å². The monoisotopic (exact) mass is 432 g/mol. The standard InChI is InChI=1S/C22H28N2O5S/c1-17(2)16-24(13-12-21(25)29-3)22(26)19-10-7-11-20(14-19)30(27,28)23-15-18-8-5-4-6-9-18/h4-11,14,17,23H,12-13,15-16H2,1-3H3. The SMILES string of the molecule is COC(=O)CCN(CC(C)C)C(=O)c1cccc(S(=O)(=O)NCc2ccccc2)c1. The number of carbonyl (C=O) groups excluding carboxylic acids is 2. The second kappa shape index (κ2) is 10.9. The fraction of sp³-hybridized carbons (Fsp3) is 0.364. The molecule has 0 bridgehead atoms. The Balaban J connectivity index is 2.18. The molecule has 0 saturated heterocycles. The molecule has 1 amide bonds. The second-order valence-electron chi connectivity index (χ2n) is 7.31. The summed E-state index contributed by atoms with van der Waals surface area (Å²) in [5.41, 5.74) is 1.09. The minimum absolute atomic E-state index is 0.0155. The Bertz CT molecular complexity index is 959. The molecule has 0 aliphatic rings. The third kappa shape index (κ3) is 6.96. The Kier molecular flexibility index (Phi) is 8.56. The molecule has 162 valence electrons. The first kappa shape index (κ1) is 23.6. The number of carbonyl (C=O) groups is 2. The van der Waals surface area contributed by atoms with Gasteiger partial charge in [-0.05, 0) is 29.7 Å². The minimum atomic E-state index is -3.79. The van der Waals surface area contributed by atoms with E-state index in [1.165, 1.54) is 25.3 Å². The fourth-order valence-electron chi connectivity index (χ4n) is 2.88. The van der Waals surface area contributed by atoms with Gasteiger partial charge in [-0.25, -0.2) is 13.1 Å². The van der Waals surface area contributed by atoms with Gasteiger partial charge in [0.15, 0.2) is 0 Å². The van der Waals surface area contributed by atoms with Crippen molar-refractivity contribution in [3.63, 3.8) is 0 Å². The van der Waals surface area contributed by atoms with E-state index in [1.807, 2.05) is 44.2 Å². The van der Waals surface area contributed by atoms with Gasteiger partial charge in [0.1, 0.15) is 0 Å². The average Bonchev–Trinajstić information content (AvgIpc) is 2.75. The molecule has 30 heavy (non-hydrogen) atoms. The summed E-state index contributed by atoms with van der Waals surface area (Å²) in [6.45, 7) is 4.73. The van der Waals surface area contributed by atoms with Crippen LogP contribution in [0, 0.1) is 5.92 Å². The molecule has 0 saturated carbocycles. The van der Waals surface area contributed by atoms with Crippen molar-refractivity contribution in [2.24, 2.45) is 5.92 Å². The maximum absolute atomic E-state index is 13.0. The van der Waals surface area contributed by atoms with Crippen LogP contribution in [0.3, 0.4) is 0 Å². The summed E-state index contributed by atoms with van der Waals surface area (Å²) in [4.78, 5) is 26.0. The molecule has 0 unspecified atom stereocenters. The first-order chi connectivity index (χ1) is 14.2. The molecule has 0 spiro atoms. The predicted octanol–water partition coefficient (Wildman–Crippen LogP) is 2.83. The van der Waals surface area contributed by atoms with Gasteiger partial charge in [0.25, 0.3) is 5.91 Å². The normalized spacial score (nSPS) is 11.3. The molecule has 0 aromatic heterocycles. The van der Waals surface area contributed by atoms with Crippen LogP contribution in [0.25, 0.3) is 0 Å². The maximum Gasteiger partial charge on any atom is 0.307 e. The van der Waals surface area contributed by atoms with Gasteiger partial charge in [-0.1, -0.05) is 50.2 Å². The lowest BCUT2D eigenvalue weighted by Gasteiger charge is -2.24. The third-order valence-corrected chi connectivity index (χ3v) is 5.79. The lowest BCUT2D eigenvalue weighted by Crippen LogP contribution is -2.36. The third-order valence-electron chi connectivity index (χ3n) is 4.39. The highest BCUT2D eigenvalue weighted by molar-refractivity contribution is 7.89. The Morgan fingerprint density at radius 1 is 1.07 bits per heavy atom. The molecule has 0 heterocycles. The first-order valence-corrected chi connectivity index (χ1v) is 11.2. The van der Waals surface area contributed by atoms with Crippen molar-refractivity contribution in [1.29, 1.82) is 0 Å². The van der Waals surface area contributed by atoms with E-state index in [0.717, 1.165) is 5.56 Å². The molecule has 7 nitrogen and oxygen atoms in total. The van der Waals surface area contributed by atoms with Gasteiger partial charge in [-0.3, -0.25) is 9.59 Å². The van der Waals surface area contributed by atoms with Crippen LogP contribution in [0.4, 0.5) is 0 Å². The van der Waals surface area contributed by atoms with Crippen molar-refractivity contribution in [2.45, 2.75) is 31.7 Å². The van der Waals surface area contributed by atoms with Crippen LogP contribution < -0.4 is 4.72 Å². The van der Waals surface area contributed by atoms with Crippen LogP contribution >= 0.6 is 0 Å². The van der Waals surface area contributed by atoms with Crippen LogP contribution in [0.2, 0.25) is 0 Å². The van der Waals surface area contributed by atoms with Crippen LogP contribution in [0.1, 0.15) is 36.2 Å². The molecule has 0 fully saturated rings. The first-order valence-electron chi connectivity index (χ1n) is 9.72. The Morgan fingerprint density at radius 3 is 2.40 bits per heavy atom. The molecule has 2 rings (SSSR count). The summed E-state index contributed by atoms with van der Waals surface area (Å²) in [6, 6.07) is 15.1. The smallest absolute Gasteiger partial charge is 0.307 e. The quantitative estimate of drug-likeness (QED) is 0.583. The number of benzene rings is 2. The van der Waals surface area contributed by atoms with Crippen molar-refractivity contribution in [1.82, 2.24) is 9.62 Å². The van der Waals surface area contributed by atoms with Crippen LogP contribution in [0.5, 0.6) is 0 Å². The number of sulfonamides is 1. The Hall–Kier alpha value is -2.71. The second-order valence-corrected chi connectivity index (χ2v) is 9.08. The van der Waals surface area contributed by atoms with E-state index in [0.29, 0.717) is 6.54 Å². The molecular formula is C22H28N2O5S. The molecule has 2 aromatic carbocycles. The minimum Gasteiger partial charge on any atom is -0.469 e. The van der Waals surface area contributed by atoms with Crippen LogP contribution in [0.15, 0.2) is 59.5 Å². The molecule has 0 aliphatic carbocycles. The summed E-state index contributed by atoms with van der Waals surface area (Å²) in [5.74, 6) is -0.545. The zero-order chi connectivity index (χ0) is 22.1. The van der Waals surface area contributed by atoms with Gasteiger partial charge < -0.3 is 9.64 Å². The highest BCUT2D eigenvalue weighted by Crippen LogP contribution is 2.15. The molecule has 8 heteroatoms. The number of hydrogen-bond donors (Lipinski definition) is 1. The molecular weight excluding hydrogens is 404 g/mol. The Morgan fingerprint density at radius 2 is 1.77 bits per heavy atom. The van der Waals surface area contributed by atoms with Crippen molar-refractivity contribution in [3.05, 3.63) is 65.7 Å². The Labute approximate surface area is 178 Å². The number of ether oxygens (including phenoxy) is 1. The topological polar surface area (TPSA) is 92.8 Å². The highest BCUT2D eigenvalue weighted by Gasteiger charge is 2.21. The maximum atomic E-state index is 13.0. The van der Waals surface area contributed by atoms with E-state index >= 15 is 0 Å². The van der Waals surface area contributed by atoms with Crippen molar-refractivity contribution in [3.8, 4) is 0 Å². The number of nitrogens with one attached hydrogen (secondary N) is 1. The van der Waals surface area contributed by atoms with E-state index < -0.39 is 16.0 Å². The summed E-state index contributed by atoms with van der Waals surface area (Å²) in [7, 11) is -2.49. The van der Waals surface area contributed by atoms with Crippen molar-refractivity contribution >= 4 is 21.9 Å². The number of rotatable bonds is 10. The highest BCUT2D eigenvalue weighted by atomic mass is 32.2. The zero-order valence-corrected chi connectivity index (χ0v) is 18.3. The van der Waals surface area contributed by atoms with E-state index in [2.05, 4.69) is 9.46 Å². The van der Waals surface area contributed by atoms with E-state index in [-0.39, 0.29) is 41.8 Å². The molecule has 0 atom stereocenters. The predicted molar refractivity (Wildman–Crippen MR) is 114 cm³/mol. The van der Waals surface area contributed by atoms with Gasteiger partial charge in [0, 0.05) is 25.2 Å². The average molecular weight is 433 g/mol. The van der Waals surface area contributed by atoms with Gasteiger partial charge in [-0.15, -0.1) is 0 Å². The van der Waals surface area contributed by atoms with Crippen molar-refractivity contribution < 1.29 is 22.7 Å². The largest absolute Gasteiger partial charge is 0.469 e. The van der Waals surface area contributed by atoms with Gasteiger partial charge in [0.05, 0.1) is 18.4 Å². The number of esters is 1. The number of nitrogens with zero attached hydrogens (tertiary/aromatic N) is 1. The van der Waals surface area contributed by atoms with E-state index in [1.54, 1.807) is 11.0 Å². The summed E-state index contributed by atoms with van der Waals surface area (Å²) < 4.78 is 32.6. The van der Waals surface area contributed by atoms with E-state index in [9.17, 15) is 18.0 Å². The number of hydrogen-bond acceptors (Lipinski definition) is 5. The summed E-state index contributed by atoms with van der Waals surface area (Å²) in [5, 5.41) is 0. The zero-order valence-electron chi connectivity index (χ0n) is 17.5. The lowest BCUT2D eigenvalue weighted by molar-refractivity contribution is -0.140. The van der Waals surface area contributed by atoms with Gasteiger partial charge in [0.2, 0.25) is 10.0 Å². The lowest BCUT2D eigenvalue weighted by atomic mass is 10.1. The van der Waals surface area contributed by atoms with Crippen molar-refractivity contribution in [2.75, 3.05) is 20.2 Å². The molecule has 0 radical (unpaired) electrons. The summed E-state index contributed by atoms with van der Waals surface area (Å²) >= 11 is 0. The number of methoxy groups -OCH3 is 1. The van der Waals surface area contributed by atoms with Crippen LogP contribution in [-0.2, 0) is 26.1 Å². The molecule has 0 aliphatic heterocycles. The molecule has 1 N–H and O–H groups in total. The number of amides is 1. The van der Waals surface area contributed by atoms with E-state index in [4.69, 9.17) is 0 Å².